The molecule has 1 N–H and O–H groups in total. The van der Waals surface area contributed by atoms with Crippen LogP contribution in [0.2, 0.25) is 0 Å². The molecule has 20 heavy (non-hydrogen) atoms. The number of carbonyl (C=O) groups is 1. The van der Waals surface area contributed by atoms with Crippen LogP contribution in [0.4, 0.5) is 13.2 Å². The Balaban J connectivity index is 2.05. The largest absolute Gasteiger partial charge is 0.433 e. The maximum absolute atomic E-state index is 12.4. The maximum atomic E-state index is 12.4. The summed E-state index contributed by atoms with van der Waals surface area (Å²) < 4.78 is 37.1. The molecular formula is C13H15F3N2O2. The van der Waals surface area contributed by atoms with E-state index in [1.165, 1.54) is 4.90 Å². The Morgan fingerprint density at radius 2 is 2.00 bits per heavy atom. The van der Waals surface area contributed by atoms with E-state index in [0.29, 0.717) is 0 Å². The Morgan fingerprint density at radius 3 is 2.40 bits per heavy atom. The molecule has 7 heteroatoms. The molecule has 1 amide bonds. The molecule has 1 aromatic rings. The number of pyridine rings is 1. The monoisotopic (exact) mass is 288 g/mol. The van der Waals surface area contributed by atoms with Gasteiger partial charge in [0.05, 0.1) is 18.7 Å². The molecule has 0 bridgehead atoms. The fourth-order valence-corrected chi connectivity index (χ4v) is 1.99. The van der Waals surface area contributed by atoms with Crippen LogP contribution in [0.5, 0.6) is 0 Å². The summed E-state index contributed by atoms with van der Waals surface area (Å²) in [5.41, 5.74) is -1.85. The van der Waals surface area contributed by atoms with Gasteiger partial charge < -0.3 is 10.0 Å². The topological polar surface area (TPSA) is 53.4 Å². The zero-order valence-corrected chi connectivity index (χ0v) is 11.1. The van der Waals surface area contributed by atoms with Crippen LogP contribution in [0, 0.1) is 5.92 Å². The van der Waals surface area contributed by atoms with E-state index in [1.807, 2.05) is 13.8 Å². The van der Waals surface area contributed by atoms with Crippen molar-refractivity contribution in [3.8, 4) is 0 Å². The van der Waals surface area contributed by atoms with Gasteiger partial charge in [0.25, 0.3) is 5.91 Å². The van der Waals surface area contributed by atoms with Crippen molar-refractivity contribution in [2.75, 3.05) is 13.1 Å². The highest BCUT2D eigenvalue weighted by Gasteiger charge is 2.46. The first kappa shape index (κ1) is 14.8. The highest BCUT2D eigenvalue weighted by Crippen LogP contribution is 2.30. The number of rotatable bonds is 2. The summed E-state index contributed by atoms with van der Waals surface area (Å²) in [4.78, 5) is 16.6. The second kappa shape index (κ2) is 4.73. The third-order valence-corrected chi connectivity index (χ3v) is 3.59. The Morgan fingerprint density at radius 1 is 1.40 bits per heavy atom. The predicted octanol–water partition coefficient (Wildman–Crippen LogP) is 1.94. The van der Waals surface area contributed by atoms with E-state index in [0.717, 1.165) is 18.3 Å². The first-order valence-corrected chi connectivity index (χ1v) is 6.18. The molecule has 0 saturated carbocycles. The Kier molecular flexibility index (Phi) is 3.49. The number of alkyl halides is 3. The van der Waals surface area contributed by atoms with Gasteiger partial charge in [-0.05, 0) is 18.1 Å². The highest BCUT2D eigenvalue weighted by molar-refractivity contribution is 5.94. The molecule has 110 valence electrons. The molecule has 2 rings (SSSR count). The minimum Gasteiger partial charge on any atom is -0.386 e. The van der Waals surface area contributed by atoms with Gasteiger partial charge in [-0.25, -0.2) is 0 Å². The smallest absolute Gasteiger partial charge is 0.386 e. The lowest BCUT2D eigenvalue weighted by atomic mass is 9.82. The number of aromatic nitrogens is 1. The average Bonchev–Trinajstić information content (AvgIpc) is 2.33. The fourth-order valence-electron chi connectivity index (χ4n) is 1.99. The van der Waals surface area contributed by atoms with E-state index in [-0.39, 0.29) is 24.6 Å². The van der Waals surface area contributed by atoms with Gasteiger partial charge in [-0.15, -0.1) is 0 Å². The van der Waals surface area contributed by atoms with Crippen molar-refractivity contribution >= 4 is 5.91 Å². The molecule has 1 fully saturated rings. The third-order valence-electron chi connectivity index (χ3n) is 3.59. The van der Waals surface area contributed by atoms with Crippen molar-refractivity contribution in [3.05, 3.63) is 29.6 Å². The lowest BCUT2D eigenvalue weighted by Crippen LogP contribution is -2.65. The van der Waals surface area contributed by atoms with Crippen LogP contribution >= 0.6 is 0 Å². The van der Waals surface area contributed by atoms with E-state index in [9.17, 15) is 23.1 Å². The molecule has 1 aromatic heterocycles. The number of hydrogen-bond acceptors (Lipinski definition) is 3. The molecule has 2 heterocycles. The van der Waals surface area contributed by atoms with Crippen LogP contribution in [0.25, 0.3) is 0 Å². The lowest BCUT2D eigenvalue weighted by molar-refractivity contribution is -0.141. The number of hydrogen-bond donors (Lipinski definition) is 1. The number of aliphatic hydroxyl groups is 1. The molecule has 1 aliphatic rings. The summed E-state index contributed by atoms with van der Waals surface area (Å²) in [5, 5.41) is 10.0. The molecule has 1 aliphatic heterocycles. The van der Waals surface area contributed by atoms with Crippen molar-refractivity contribution < 1.29 is 23.1 Å². The second-order valence-electron chi connectivity index (χ2n) is 5.35. The molecular weight excluding hydrogens is 273 g/mol. The Bertz CT molecular complexity index is 505. The lowest BCUT2D eigenvalue weighted by Gasteiger charge is -2.49. The number of amides is 1. The SMILES string of the molecule is CC(C)C1(O)CN(C(=O)c2ccc(C(F)(F)F)nc2)C1. The molecule has 0 aliphatic carbocycles. The van der Waals surface area contributed by atoms with Gasteiger partial charge in [-0.1, -0.05) is 13.8 Å². The van der Waals surface area contributed by atoms with Gasteiger partial charge in [-0.2, -0.15) is 13.2 Å². The van der Waals surface area contributed by atoms with Crippen molar-refractivity contribution in [3.63, 3.8) is 0 Å². The predicted molar refractivity (Wildman–Crippen MR) is 64.9 cm³/mol. The van der Waals surface area contributed by atoms with Crippen LogP contribution in [-0.2, 0) is 6.18 Å². The van der Waals surface area contributed by atoms with Crippen LogP contribution in [-0.4, -0.2) is 39.6 Å². The molecule has 0 radical (unpaired) electrons. The van der Waals surface area contributed by atoms with Gasteiger partial charge in [0, 0.05) is 6.20 Å². The van der Waals surface area contributed by atoms with E-state index >= 15 is 0 Å². The zero-order chi connectivity index (χ0) is 15.1. The number of likely N-dealkylation sites (tertiary alicyclic amines) is 1. The van der Waals surface area contributed by atoms with Gasteiger partial charge in [0.15, 0.2) is 0 Å². The molecule has 0 atom stereocenters. The highest BCUT2D eigenvalue weighted by atomic mass is 19.4. The zero-order valence-electron chi connectivity index (χ0n) is 11.1. The van der Waals surface area contributed by atoms with E-state index < -0.39 is 23.4 Å². The molecule has 1 saturated heterocycles. The first-order valence-electron chi connectivity index (χ1n) is 6.18. The van der Waals surface area contributed by atoms with Gasteiger partial charge in [0.1, 0.15) is 11.3 Å². The summed E-state index contributed by atoms with van der Waals surface area (Å²) in [6.07, 6.45) is -3.60. The quantitative estimate of drug-likeness (QED) is 0.905. The van der Waals surface area contributed by atoms with Crippen molar-refractivity contribution in [2.45, 2.75) is 25.6 Å². The molecule has 0 aromatic carbocycles. The van der Waals surface area contributed by atoms with Crippen molar-refractivity contribution in [2.24, 2.45) is 5.92 Å². The van der Waals surface area contributed by atoms with E-state index in [1.54, 1.807) is 0 Å². The van der Waals surface area contributed by atoms with Crippen LogP contribution in [0.15, 0.2) is 18.3 Å². The minimum absolute atomic E-state index is 0.0114. The fraction of sp³-hybridized carbons (Fsp3) is 0.538. The van der Waals surface area contributed by atoms with Crippen LogP contribution in [0.3, 0.4) is 0 Å². The standard InChI is InChI=1S/C13H15F3N2O2/c1-8(2)12(20)6-18(7-12)11(19)9-3-4-10(17-5-9)13(14,15)16/h3-5,8,20H,6-7H2,1-2H3. The van der Waals surface area contributed by atoms with Crippen LogP contribution in [0.1, 0.15) is 29.9 Å². The summed E-state index contributed by atoms with van der Waals surface area (Å²) in [7, 11) is 0. The molecule has 0 unspecified atom stereocenters. The third kappa shape index (κ3) is 2.63. The van der Waals surface area contributed by atoms with Crippen LogP contribution < -0.4 is 0 Å². The molecule has 4 nitrogen and oxygen atoms in total. The second-order valence-corrected chi connectivity index (χ2v) is 5.35. The minimum atomic E-state index is -4.52. The summed E-state index contributed by atoms with van der Waals surface area (Å²) in [5.74, 6) is -0.408. The van der Waals surface area contributed by atoms with E-state index in [4.69, 9.17) is 0 Å². The summed E-state index contributed by atoms with van der Waals surface area (Å²) in [6.45, 7) is 4.07. The van der Waals surface area contributed by atoms with Crippen molar-refractivity contribution in [1.82, 2.24) is 9.88 Å². The number of nitrogens with zero attached hydrogens (tertiary/aromatic N) is 2. The van der Waals surface area contributed by atoms with Gasteiger partial charge in [0.2, 0.25) is 0 Å². The average molecular weight is 288 g/mol. The van der Waals surface area contributed by atoms with Crippen molar-refractivity contribution in [1.29, 1.82) is 0 Å². The Hall–Kier alpha value is -1.63. The Labute approximate surface area is 114 Å². The number of β-amino-alcohol motifs (C(OH)–C–C–N with tert-alkyl or cyclic N) is 1. The normalized spacial score (nSPS) is 18.1. The van der Waals surface area contributed by atoms with Gasteiger partial charge >= 0.3 is 6.18 Å². The number of halogens is 3. The number of carbonyl (C=O) groups excluding carboxylic acids is 1. The molecule has 0 spiro atoms. The first-order chi connectivity index (χ1) is 9.13. The summed E-state index contributed by atoms with van der Waals surface area (Å²) in [6, 6.07) is 1.88. The van der Waals surface area contributed by atoms with E-state index in [2.05, 4.69) is 4.98 Å². The summed E-state index contributed by atoms with van der Waals surface area (Å²) >= 11 is 0. The maximum Gasteiger partial charge on any atom is 0.433 e. The van der Waals surface area contributed by atoms with Gasteiger partial charge in [-0.3, -0.25) is 9.78 Å².